The molecule has 1 heterocycles. The third-order valence-electron chi connectivity index (χ3n) is 4.14. The number of carboxylic acid groups (broad SMARTS) is 1. The average Bonchev–Trinajstić information content (AvgIpc) is 2.91. The van der Waals surface area contributed by atoms with Crippen molar-refractivity contribution in [1.29, 1.82) is 0 Å². The van der Waals surface area contributed by atoms with Gasteiger partial charge in [0, 0.05) is 6.54 Å². The number of carbonyl (C=O) groups is 1. The lowest BCUT2D eigenvalue weighted by Gasteiger charge is -2.35. The summed E-state index contributed by atoms with van der Waals surface area (Å²) in [7, 11) is 1.43. The van der Waals surface area contributed by atoms with Crippen LogP contribution in [0.3, 0.4) is 0 Å². The first kappa shape index (κ1) is 15.1. The van der Waals surface area contributed by atoms with E-state index in [2.05, 4.69) is 0 Å². The van der Waals surface area contributed by atoms with Gasteiger partial charge < -0.3 is 14.7 Å². The molecule has 1 aliphatic rings. The van der Waals surface area contributed by atoms with Gasteiger partial charge >= 0.3 is 5.97 Å². The molecule has 0 aliphatic carbocycles. The lowest BCUT2D eigenvalue weighted by atomic mass is 9.92. The van der Waals surface area contributed by atoms with Crippen molar-refractivity contribution in [3.63, 3.8) is 0 Å². The number of nitro benzene ring substituents is 1. The Labute approximate surface area is 122 Å². The van der Waals surface area contributed by atoms with Crippen molar-refractivity contribution in [2.45, 2.75) is 31.7 Å². The molecule has 21 heavy (non-hydrogen) atoms. The normalized spacial score (nSPS) is 21.3. The van der Waals surface area contributed by atoms with Crippen molar-refractivity contribution in [3.05, 3.63) is 28.3 Å². The zero-order chi connectivity index (χ0) is 15.6. The van der Waals surface area contributed by atoms with Crippen LogP contribution in [0.25, 0.3) is 0 Å². The van der Waals surface area contributed by atoms with Gasteiger partial charge in [0.05, 0.1) is 18.1 Å². The standard InChI is InChI=1S/C14H18N2O5/c1-3-14(13(17)18)7-4-8-15(14)11-6-5-10(21-2)9-12(11)16(19)20/h5-6,9H,3-4,7-8H2,1-2H3,(H,17,18). The summed E-state index contributed by atoms with van der Waals surface area (Å²) in [5, 5.41) is 20.9. The zero-order valence-corrected chi connectivity index (χ0v) is 12.0. The summed E-state index contributed by atoms with van der Waals surface area (Å²) in [6.45, 7) is 2.29. The van der Waals surface area contributed by atoms with Crippen molar-refractivity contribution in [3.8, 4) is 5.75 Å². The molecule has 1 fully saturated rings. The molecule has 0 saturated carbocycles. The van der Waals surface area contributed by atoms with Crippen LogP contribution in [0.1, 0.15) is 26.2 Å². The third kappa shape index (κ3) is 2.39. The van der Waals surface area contributed by atoms with Gasteiger partial charge in [0.1, 0.15) is 17.0 Å². The molecule has 1 aliphatic heterocycles. The molecule has 1 aromatic carbocycles. The molecule has 0 bridgehead atoms. The van der Waals surface area contributed by atoms with E-state index in [0.717, 1.165) is 0 Å². The summed E-state index contributed by atoms with van der Waals surface area (Å²) in [5.74, 6) is -0.560. The first-order valence-electron chi connectivity index (χ1n) is 6.79. The minimum Gasteiger partial charge on any atom is -0.496 e. The van der Waals surface area contributed by atoms with Crippen LogP contribution >= 0.6 is 0 Å². The van der Waals surface area contributed by atoms with Crippen LogP contribution in [-0.4, -0.2) is 35.2 Å². The predicted molar refractivity (Wildman–Crippen MR) is 76.9 cm³/mol. The van der Waals surface area contributed by atoms with E-state index in [1.807, 2.05) is 0 Å². The number of hydrogen-bond donors (Lipinski definition) is 1. The first-order chi connectivity index (χ1) is 9.96. The second kappa shape index (κ2) is 5.59. The Morgan fingerprint density at radius 3 is 2.81 bits per heavy atom. The summed E-state index contributed by atoms with van der Waals surface area (Å²) in [4.78, 5) is 24.1. The highest BCUT2D eigenvalue weighted by molar-refractivity contribution is 5.86. The number of hydrogen-bond acceptors (Lipinski definition) is 5. The van der Waals surface area contributed by atoms with E-state index in [1.54, 1.807) is 24.0 Å². The van der Waals surface area contributed by atoms with Gasteiger partial charge in [-0.3, -0.25) is 10.1 Å². The minimum absolute atomic E-state index is 0.129. The van der Waals surface area contributed by atoms with E-state index in [4.69, 9.17) is 4.74 Å². The maximum absolute atomic E-state index is 11.7. The highest BCUT2D eigenvalue weighted by atomic mass is 16.6. The lowest BCUT2D eigenvalue weighted by Crippen LogP contribution is -2.50. The molecule has 7 heteroatoms. The number of carboxylic acids is 1. The Kier molecular flexibility index (Phi) is 4.02. The van der Waals surface area contributed by atoms with Crippen LogP contribution in [0.4, 0.5) is 11.4 Å². The quantitative estimate of drug-likeness (QED) is 0.662. The molecule has 0 radical (unpaired) electrons. The molecule has 114 valence electrons. The molecule has 0 aromatic heterocycles. The van der Waals surface area contributed by atoms with Gasteiger partial charge in [-0.1, -0.05) is 6.92 Å². The Morgan fingerprint density at radius 2 is 2.29 bits per heavy atom. The van der Waals surface area contributed by atoms with Gasteiger partial charge in [-0.15, -0.1) is 0 Å². The number of anilines is 1. The number of methoxy groups -OCH3 is 1. The maximum atomic E-state index is 11.7. The molecule has 0 spiro atoms. The van der Waals surface area contributed by atoms with Gasteiger partial charge in [-0.2, -0.15) is 0 Å². The molecule has 1 saturated heterocycles. The van der Waals surface area contributed by atoms with Crippen molar-refractivity contribution in [1.82, 2.24) is 0 Å². The van der Waals surface area contributed by atoms with Crippen LogP contribution in [0.5, 0.6) is 5.75 Å². The highest BCUT2D eigenvalue weighted by Gasteiger charge is 2.48. The number of rotatable bonds is 5. The van der Waals surface area contributed by atoms with Crippen molar-refractivity contribution < 1.29 is 19.6 Å². The number of nitrogens with zero attached hydrogens (tertiary/aromatic N) is 2. The van der Waals surface area contributed by atoms with Crippen molar-refractivity contribution >= 4 is 17.3 Å². The number of benzene rings is 1. The van der Waals surface area contributed by atoms with E-state index in [1.165, 1.54) is 13.2 Å². The SMILES string of the molecule is CCC1(C(=O)O)CCCN1c1ccc(OC)cc1[N+](=O)[O-]. The van der Waals surface area contributed by atoms with E-state index >= 15 is 0 Å². The van der Waals surface area contributed by atoms with E-state index < -0.39 is 16.4 Å². The first-order valence-corrected chi connectivity index (χ1v) is 6.79. The summed E-state index contributed by atoms with van der Waals surface area (Å²) in [6.07, 6.45) is 1.58. The lowest BCUT2D eigenvalue weighted by molar-refractivity contribution is -0.384. The molecule has 0 amide bonds. The average molecular weight is 294 g/mol. The van der Waals surface area contributed by atoms with Gasteiger partial charge in [0.25, 0.3) is 5.69 Å². The Morgan fingerprint density at radius 1 is 1.57 bits per heavy atom. The van der Waals surface area contributed by atoms with Gasteiger partial charge in [0.15, 0.2) is 0 Å². The van der Waals surface area contributed by atoms with E-state index in [9.17, 15) is 20.0 Å². The van der Waals surface area contributed by atoms with Crippen LogP contribution in [0, 0.1) is 10.1 Å². The summed E-state index contributed by atoms with van der Waals surface area (Å²) in [5.41, 5.74) is -0.864. The number of ether oxygens (including phenoxy) is 1. The zero-order valence-electron chi connectivity index (χ0n) is 12.0. The van der Waals surface area contributed by atoms with Gasteiger partial charge in [-0.25, -0.2) is 4.79 Å². The monoisotopic (exact) mass is 294 g/mol. The fourth-order valence-electron chi connectivity index (χ4n) is 2.98. The summed E-state index contributed by atoms with van der Waals surface area (Å²) >= 11 is 0. The molecule has 1 unspecified atom stereocenters. The van der Waals surface area contributed by atoms with Crippen LogP contribution in [0.2, 0.25) is 0 Å². The predicted octanol–water partition coefficient (Wildman–Crippen LogP) is 2.44. The molecule has 7 nitrogen and oxygen atoms in total. The fourth-order valence-corrected chi connectivity index (χ4v) is 2.98. The third-order valence-corrected chi connectivity index (χ3v) is 4.14. The topological polar surface area (TPSA) is 92.9 Å². The highest BCUT2D eigenvalue weighted by Crippen LogP contribution is 2.42. The summed E-state index contributed by atoms with van der Waals surface area (Å²) in [6, 6.07) is 4.51. The van der Waals surface area contributed by atoms with Gasteiger partial charge in [-0.05, 0) is 31.4 Å². The molecule has 1 aromatic rings. The molecule has 1 atom stereocenters. The Bertz CT molecular complexity index is 574. The van der Waals surface area contributed by atoms with Crippen LogP contribution in [0.15, 0.2) is 18.2 Å². The van der Waals surface area contributed by atoms with E-state index in [0.29, 0.717) is 37.2 Å². The second-order valence-electron chi connectivity index (χ2n) is 5.06. The Hall–Kier alpha value is -2.31. The van der Waals surface area contributed by atoms with Crippen molar-refractivity contribution in [2.75, 3.05) is 18.6 Å². The fraction of sp³-hybridized carbons (Fsp3) is 0.500. The Balaban J connectivity index is 2.55. The molecule has 2 rings (SSSR count). The van der Waals surface area contributed by atoms with Crippen molar-refractivity contribution in [2.24, 2.45) is 0 Å². The second-order valence-corrected chi connectivity index (χ2v) is 5.06. The van der Waals surface area contributed by atoms with E-state index in [-0.39, 0.29) is 5.69 Å². The van der Waals surface area contributed by atoms with Crippen LogP contribution in [-0.2, 0) is 4.79 Å². The largest absolute Gasteiger partial charge is 0.496 e. The smallest absolute Gasteiger partial charge is 0.329 e. The number of nitro groups is 1. The molecule has 1 N–H and O–H groups in total. The minimum atomic E-state index is -1.07. The maximum Gasteiger partial charge on any atom is 0.329 e. The number of aliphatic carboxylic acids is 1. The summed E-state index contributed by atoms with van der Waals surface area (Å²) < 4.78 is 5.01. The molecular formula is C14H18N2O5. The molecular weight excluding hydrogens is 276 g/mol. The van der Waals surface area contributed by atoms with Crippen LogP contribution < -0.4 is 9.64 Å². The van der Waals surface area contributed by atoms with Gasteiger partial charge in [0.2, 0.25) is 0 Å².